The number of halogens is 1. The molecule has 1 heterocycles. The summed E-state index contributed by atoms with van der Waals surface area (Å²) in [5.74, 6) is -0.0736. The topological polar surface area (TPSA) is 40.5 Å². The summed E-state index contributed by atoms with van der Waals surface area (Å²) in [6.07, 6.45) is 6.28. The van der Waals surface area contributed by atoms with Crippen LogP contribution in [0.25, 0.3) is 0 Å². The molecule has 1 saturated heterocycles. The minimum Gasteiger partial charge on any atom is -0.478 e. The molecule has 19 heavy (non-hydrogen) atoms. The molecule has 102 valence electrons. The second kappa shape index (κ2) is 5.16. The molecular formula is C15H18BrNO2. The molecule has 1 aromatic rings. The van der Waals surface area contributed by atoms with Gasteiger partial charge in [-0.15, -0.1) is 0 Å². The predicted molar refractivity (Wildman–Crippen MR) is 78.8 cm³/mol. The van der Waals surface area contributed by atoms with Crippen LogP contribution in [0.3, 0.4) is 0 Å². The van der Waals surface area contributed by atoms with Crippen molar-refractivity contribution in [3.8, 4) is 0 Å². The van der Waals surface area contributed by atoms with Crippen molar-refractivity contribution in [1.82, 2.24) is 0 Å². The van der Waals surface area contributed by atoms with Crippen LogP contribution in [0, 0.1) is 5.92 Å². The molecule has 1 aliphatic carbocycles. The van der Waals surface area contributed by atoms with E-state index in [1.165, 1.54) is 32.1 Å². The summed E-state index contributed by atoms with van der Waals surface area (Å²) < 4.78 is 0.827. The van der Waals surface area contributed by atoms with E-state index in [-0.39, 0.29) is 0 Å². The standard InChI is InChI=1S/C15H18BrNO2/c16-11-6-7-14(12(9-11)15(18)19)17-8-2-4-10-3-1-5-13(10)17/h6-7,9-10,13H,1-5,8H2,(H,18,19). The van der Waals surface area contributed by atoms with Crippen LogP contribution in [0.2, 0.25) is 0 Å². The molecule has 3 nitrogen and oxygen atoms in total. The number of nitrogens with zero attached hydrogens (tertiary/aromatic N) is 1. The average molecular weight is 324 g/mol. The van der Waals surface area contributed by atoms with E-state index in [0.29, 0.717) is 11.6 Å². The number of carboxylic acid groups (broad SMARTS) is 1. The first-order valence-corrected chi connectivity index (χ1v) is 7.75. The average Bonchev–Trinajstić information content (AvgIpc) is 2.86. The quantitative estimate of drug-likeness (QED) is 0.896. The highest BCUT2D eigenvalue weighted by Crippen LogP contribution is 2.40. The highest BCUT2D eigenvalue weighted by Gasteiger charge is 2.36. The molecule has 2 fully saturated rings. The number of aromatic carboxylic acids is 1. The van der Waals surface area contributed by atoms with Gasteiger partial charge < -0.3 is 10.0 Å². The molecule has 2 unspecified atom stereocenters. The number of fused-ring (bicyclic) bond motifs is 1. The maximum absolute atomic E-state index is 11.5. The molecule has 0 spiro atoms. The van der Waals surface area contributed by atoms with Gasteiger partial charge in [0, 0.05) is 17.1 Å². The predicted octanol–water partition coefficient (Wildman–Crippen LogP) is 3.92. The molecular weight excluding hydrogens is 306 g/mol. The van der Waals surface area contributed by atoms with Gasteiger partial charge in [-0.25, -0.2) is 4.79 Å². The Labute approximate surface area is 121 Å². The van der Waals surface area contributed by atoms with Gasteiger partial charge in [0.2, 0.25) is 0 Å². The van der Waals surface area contributed by atoms with E-state index in [9.17, 15) is 9.90 Å². The lowest BCUT2D eigenvalue weighted by atomic mass is 9.91. The number of hydrogen-bond donors (Lipinski definition) is 1. The van der Waals surface area contributed by atoms with Gasteiger partial charge >= 0.3 is 5.97 Å². The van der Waals surface area contributed by atoms with Crippen molar-refractivity contribution in [2.24, 2.45) is 5.92 Å². The Bertz CT molecular complexity index is 503. The number of rotatable bonds is 2. The first-order chi connectivity index (χ1) is 9.16. The van der Waals surface area contributed by atoms with Gasteiger partial charge in [0.25, 0.3) is 0 Å². The van der Waals surface area contributed by atoms with Gasteiger partial charge in [0.05, 0.1) is 11.3 Å². The van der Waals surface area contributed by atoms with E-state index < -0.39 is 5.97 Å². The monoisotopic (exact) mass is 323 g/mol. The first kappa shape index (κ1) is 13.0. The van der Waals surface area contributed by atoms with Crippen LogP contribution < -0.4 is 4.90 Å². The van der Waals surface area contributed by atoms with Gasteiger partial charge in [-0.1, -0.05) is 22.4 Å². The van der Waals surface area contributed by atoms with Crippen molar-refractivity contribution in [3.63, 3.8) is 0 Å². The van der Waals surface area contributed by atoms with Gasteiger partial charge in [-0.05, 0) is 49.8 Å². The summed E-state index contributed by atoms with van der Waals surface area (Å²) in [5.41, 5.74) is 1.31. The number of anilines is 1. The Balaban J connectivity index is 1.98. The van der Waals surface area contributed by atoms with Crippen molar-refractivity contribution < 1.29 is 9.90 Å². The number of piperidine rings is 1. The molecule has 0 bridgehead atoms. The molecule has 2 atom stereocenters. The van der Waals surface area contributed by atoms with E-state index in [2.05, 4.69) is 20.8 Å². The number of benzene rings is 1. The van der Waals surface area contributed by atoms with Crippen molar-refractivity contribution in [3.05, 3.63) is 28.2 Å². The Morgan fingerprint density at radius 1 is 1.26 bits per heavy atom. The molecule has 0 amide bonds. The molecule has 1 aromatic carbocycles. The second-order valence-electron chi connectivity index (χ2n) is 5.56. The third-order valence-electron chi connectivity index (χ3n) is 4.49. The smallest absolute Gasteiger partial charge is 0.337 e. The molecule has 2 aliphatic rings. The van der Waals surface area contributed by atoms with E-state index in [0.717, 1.165) is 22.6 Å². The van der Waals surface area contributed by atoms with Crippen molar-refractivity contribution in [2.45, 2.75) is 38.1 Å². The Hall–Kier alpha value is -1.03. The van der Waals surface area contributed by atoms with Crippen molar-refractivity contribution >= 4 is 27.6 Å². The number of carbonyl (C=O) groups is 1. The van der Waals surface area contributed by atoms with Crippen LogP contribution in [-0.4, -0.2) is 23.7 Å². The lowest BCUT2D eigenvalue weighted by Gasteiger charge is -2.40. The fourth-order valence-corrected chi connectivity index (χ4v) is 4.04. The van der Waals surface area contributed by atoms with Crippen LogP contribution in [0.1, 0.15) is 42.5 Å². The zero-order valence-corrected chi connectivity index (χ0v) is 12.4. The van der Waals surface area contributed by atoms with Crippen molar-refractivity contribution in [2.75, 3.05) is 11.4 Å². The Morgan fingerprint density at radius 3 is 2.84 bits per heavy atom. The molecule has 1 aliphatic heterocycles. The molecule has 1 saturated carbocycles. The number of hydrogen-bond acceptors (Lipinski definition) is 2. The zero-order chi connectivity index (χ0) is 13.4. The molecule has 4 heteroatoms. The van der Waals surface area contributed by atoms with Gasteiger partial charge in [0.15, 0.2) is 0 Å². The fourth-order valence-electron chi connectivity index (χ4n) is 3.68. The fraction of sp³-hybridized carbons (Fsp3) is 0.533. The third-order valence-corrected chi connectivity index (χ3v) is 4.98. The second-order valence-corrected chi connectivity index (χ2v) is 6.48. The molecule has 3 rings (SSSR count). The summed E-state index contributed by atoms with van der Waals surface area (Å²) in [7, 11) is 0. The minimum atomic E-state index is -0.837. The van der Waals surface area contributed by atoms with Crippen LogP contribution in [0.15, 0.2) is 22.7 Å². The van der Waals surface area contributed by atoms with Crippen LogP contribution in [0.4, 0.5) is 5.69 Å². The lowest BCUT2D eigenvalue weighted by Crippen LogP contribution is -2.43. The van der Waals surface area contributed by atoms with Gasteiger partial charge in [0.1, 0.15) is 0 Å². The maximum Gasteiger partial charge on any atom is 0.337 e. The maximum atomic E-state index is 11.5. The summed E-state index contributed by atoms with van der Waals surface area (Å²) in [4.78, 5) is 13.8. The molecule has 0 radical (unpaired) electrons. The number of carboxylic acids is 1. The first-order valence-electron chi connectivity index (χ1n) is 6.96. The summed E-state index contributed by atoms with van der Waals surface area (Å²) in [5, 5.41) is 9.41. The lowest BCUT2D eigenvalue weighted by molar-refractivity contribution is 0.0697. The summed E-state index contributed by atoms with van der Waals surface area (Å²) >= 11 is 3.36. The van der Waals surface area contributed by atoms with E-state index >= 15 is 0 Å². The normalized spacial score (nSPS) is 26.3. The Morgan fingerprint density at radius 2 is 2.05 bits per heavy atom. The molecule has 0 aromatic heterocycles. The van der Waals surface area contributed by atoms with E-state index in [1.54, 1.807) is 6.07 Å². The SMILES string of the molecule is O=C(O)c1cc(Br)ccc1N1CCCC2CCCC21. The van der Waals surface area contributed by atoms with Crippen molar-refractivity contribution in [1.29, 1.82) is 0 Å². The van der Waals surface area contributed by atoms with Gasteiger partial charge in [-0.3, -0.25) is 0 Å². The largest absolute Gasteiger partial charge is 0.478 e. The highest BCUT2D eigenvalue weighted by molar-refractivity contribution is 9.10. The minimum absolute atomic E-state index is 0.418. The summed E-state index contributed by atoms with van der Waals surface area (Å²) in [6, 6.07) is 6.16. The van der Waals surface area contributed by atoms with Crippen LogP contribution in [-0.2, 0) is 0 Å². The van der Waals surface area contributed by atoms with Crippen LogP contribution >= 0.6 is 15.9 Å². The van der Waals surface area contributed by atoms with Gasteiger partial charge in [-0.2, -0.15) is 0 Å². The van der Waals surface area contributed by atoms with E-state index in [1.807, 2.05) is 12.1 Å². The molecule has 1 N–H and O–H groups in total. The third kappa shape index (κ3) is 2.38. The van der Waals surface area contributed by atoms with E-state index in [4.69, 9.17) is 0 Å². The zero-order valence-electron chi connectivity index (χ0n) is 10.8. The van der Waals surface area contributed by atoms with Crippen LogP contribution in [0.5, 0.6) is 0 Å². The summed E-state index contributed by atoms with van der Waals surface area (Å²) in [6.45, 7) is 0.989. The highest BCUT2D eigenvalue weighted by atomic mass is 79.9. The Kier molecular flexibility index (Phi) is 3.52.